The zero-order valence-corrected chi connectivity index (χ0v) is 13.3. The number of para-hydroxylation sites is 1. The molecule has 0 radical (unpaired) electrons. The molecule has 0 atom stereocenters. The topological polar surface area (TPSA) is 109 Å². The maximum Gasteiger partial charge on any atom is 0.435 e. The molecular formula is C15H9F4N7O. The number of benzene rings is 1. The first-order chi connectivity index (χ1) is 12.8. The second-order valence-corrected chi connectivity index (χ2v) is 5.53. The number of hydrogen-bond donors (Lipinski definition) is 1. The van der Waals surface area contributed by atoms with Crippen LogP contribution in [0.2, 0.25) is 0 Å². The molecule has 0 amide bonds. The SMILES string of the molecule is Nc1nonc1-c1nc2c(F)cccc2n1Cc1ccc(C(F)(F)F)nn1. The number of fused-ring (bicyclic) bond motifs is 1. The maximum atomic E-state index is 14.1. The van der Waals surface area contributed by atoms with Crippen LogP contribution in [-0.2, 0) is 12.7 Å². The van der Waals surface area contributed by atoms with E-state index in [1.807, 2.05) is 0 Å². The Balaban J connectivity index is 1.83. The van der Waals surface area contributed by atoms with Crippen molar-refractivity contribution in [1.29, 1.82) is 0 Å². The summed E-state index contributed by atoms with van der Waals surface area (Å²) in [4.78, 5) is 4.19. The molecule has 0 fully saturated rings. The molecule has 1 aromatic carbocycles. The molecule has 0 bridgehead atoms. The number of nitrogen functional groups attached to an aromatic ring is 1. The molecule has 12 heteroatoms. The predicted octanol–water partition coefficient (Wildman–Crippen LogP) is 2.66. The third kappa shape index (κ3) is 2.94. The van der Waals surface area contributed by atoms with Crippen molar-refractivity contribution in [1.82, 2.24) is 30.1 Å². The van der Waals surface area contributed by atoms with E-state index in [2.05, 4.69) is 30.1 Å². The van der Waals surface area contributed by atoms with Gasteiger partial charge in [0.05, 0.1) is 17.8 Å². The molecule has 2 N–H and O–H groups in total. The van der Waals surface area contributed by atoms with Gasteiger partial charge >= 0.3 is 6.18 Å². The molecule has 0 saturated heterocycles. The fourth-order valence-corrected chi connectivity index (χ4v) is 2.56. The molecular weight excluding hydrogens is 370 g/mol. The van der Waals surface area contributed by atoms with E-state index in [9.17, 15) is 17.6 Å². The largest absolute Gasteiger partial charge is 0.435 e. The van der Waals surface area contributed by atoms with Gasteiger partial charge in [0.15, 0.2) is 28.8 Å². The Bertz CT molecular complexity index is 1120. The minimum Gasteiger partial charge on any atom is -0.379 e. The molecule has 3 heterocycles. The molecule has 0 aliphatic rings. The van der Waals surface area contributed by atoms with Gasteiger partial charge in [-0.2, -0.15) is 18.3 Å². The van der Waals surface area contributed by atoms with Crippen LogP contribution in [0.15, 0.2) is 35.0 Å². The molecule has 0 saturated carbocycles. The van der Waals surface area contributed by atoms with Gasteiger partial charge in [-0.05, 0) is 34.6 Å². The highest BCUT2D eigenvalue weighted by Crippen LogP contribution is 2.29. The first kappa shape index (κ1) is 16.9. The van der Waals surface area contributed by atoms with Crippen molar-refractivity contribution in [2.24, 2.45) is 0 Å². The summed E-state index contributed by atoms with van der Waals surface area (Å²) >= 11 is 0. The molecule has 4 aromatic rings. The van der Waals surface area contributed by atoms with Crippen LogP contribution in [0.4, 0.5) is 23.4 Å². The summed E-state index contributed by atoms with van der Waals surface area (Å²) in [5.74, 6) is -0.512. The van der Waals surface area contributed by atoms with Gasteiger partial charge in [-0.3, -0.25) is 0 Å². The smallest absolute Gasteiger partial charge is 0.379 e. The maximum absolute atomic E-state index is 14.1. The number of anilines is 1. The monoisotopic (exact) mass is 379 g/mol. The Labute approximate surface area is 147 Å². The standard InChI is InChI=1S/C15H9F4N7O/c16-8-2-1-3-9-11(8)21-14(12-13(20)25-27-24-12)26(9)6-7-4-5-10(23-22-7)15(17,18)19/h1-5H,6H2,(H2,20,25). The summed E-state index contributed by atoms with van der Waals surface area (Å²) < 4.78 is 58.1. The van der Waals surface area contributed by atoms with E-state index >= 15 is 0 Å². The molecule has 4 rings (SSSR count). The minimum atomic E-state index is -4.59. The summed E-state index contributed by atoms with van der Waals surface area (Å²) in [7, 11) is 0. The van der Waals surface area contributed by atoms with Gasteiger partial charge in [0, 0.05) is 0 Å². The molecule has 8 nitrogen and oxygen atoms in total. The minimum absolute atomic E-state index is 0.0368. The van der Waals surface area contributed by atoms with Crippen LogP contribution in [0.3, 0.4) is 0 Å². The number of nitrogens with two attached hydrogens (primary N) is 1. The Hall–Kier alpha value is -3.57. The third-order valence-electron chi connectivity index (χ3n) is 3.79. The van der Waals surface area contributed by atoms with Crippen molar-refractivity contribution in [3.05, 3.63) is 47.5 Å². The van der Waals surface area contributed by atoms with Gasteiger partial charge < -0.3 is 10.3 Å². The highest BCUT2D eigenvalue weighted by Gasteiger charge is 2.33. The summed E-state index contributed by atoms with van der Waals surface area (Å²) in [5.41, 5.74) is 5.26. The average molecular weight is 379 g/mol. The van der Waals surface area contributed by atoms with Gasteiger partial charge in [0.1, 0.15) is 5.52 Å². The number of alkyl halides is 3. The number of halogens is 4. The zero-order valence-electron chi connectivity index (χ0n) is 13.3. The van der Waals surface area contributed by atoms with Crippen molar-refractivity contribution in [2.75, 3.05) is 5.73 Å². The molecule has 0 spiro atoms. The van der Waals surface area contributed by atoms with E-state index in [0.717, 1.165) is 6.07 Å². The van der Waals surface area contributed by atoms with Crippen LogP contribution in [0, 0.1) is 5.82 Å². The molecule has 3 aromatic heterocycles. The van der Waals surface area contributed by atoms with Gasteiger partial charge in [-0.25, -0.2) is 14.0 Å². The second-order valence-electron chi connectivity index (χ2n) is 5.53. The molecule has 0 unspecified atom stereocenters. The van der Waals surface area contributed by atoms with Crippen molar-refractivity contribution in [3.8, 4) is 11.5 Å². The number of imidazole rings is 1. The lowest BCUT2D eigenvalue weighted by molar-refractivity contribution is -0.141. The number of aromatic nitrogens is 6. The van der Waals surface area contributed by atoms with Gasteiger partial charge in [-0.15, -0.1) is 5.10 Å². The number of rotatable bonds is 3. The quantitative estimate of drug-likeness (QED) is 0.545. The highest BCUT2D eigenvalue weighted by atomic mass is 19.4. The van der Waals surface area contributed by atoms with Crippen LogP contribution in [0.25, 0.3) is 22.6 Å². The van der Waals surface area contributed by atoms with Crippen LogP contribution in [0.5, 0.6) is 0 Å². The van der Waals surface area contributed by atoms with E-state index in [1.54, 1.807) is 6.07 Å². The van der Waals surface area contributed by atoms with Crippen molar-refractivity contribution in [2.45, 2.75) is 12.7 Å². The lowest BCUT2D eigenvalue weighted by Gasteiger charge is -2.08. The average Bonchev–Trinajstić information content (AvgIpc) is 3.19. The Kier molecular flexibility index (Phi) is 3.75. The summed E-state index contributed by atoms with van der Waals surface area (Å²) in [6.45, 7) is -0.0489. The molecule has 27 heavy (non-hydrogen) atoms. The summed E-state index contributed by atoms with van der Waals surface area (Å²) in [5, 5.41) is 13.9. The Morgan fingerprint density at radius 2 is 1.89 bits per heavy atom. The van der Waals surface area contributed by atoms with E-state index in [1.165, 1.54) is 22.8 Å². The van der Waals surface area contributed by atoms with Gasteiger partial charge in [0.25, 0.3) is 0 Å². The first-order valence-corrected chi connectivity index (χ1v) is 7.47. The van der Waals surface area contributed by atoms with Crippen LogP contribution < -0.4 is 5.73 Å². The molecule has 0 aliphatic carbocycles. The van der Waals surface area contributed by atoms with Crippen molar-refractivity contribution < 1.29 is 22.2 Å². The predicted molar refractivity (Wildman–Crippen MR) is 83.5 cm³/mol. The van der Waals surface area contributed by atoms with E-state index in [0.29, 0.717) is 5.52 Å². The first-order valence-electron chi connectivity index (χ1n) is 7.47. The fourth-order valence-electron chi connectivity index (χ4n) is 2.56. The Morgan fingerprint density at radius 3 is 2.52 bits per heavy atom. The van der Waals surface area contributed by atoms with Crippen LogP contribution in [-0.4, -0.2) is 30.1 Å². The highest BCUT2D eigenvalue weighted by molar-refractivity contribution is 5.82. The lowest BCUT2D eigenvalue weighted by Crippen LogP contribution is -2.11. The van der Waals surface area contributed by atoms with E-state index < -0.39 is 17.7 Å². The summed E-state index contributed by atoms with van der Waals surface area (Å²) in [6, 6.07) is 6.28. The second kappa shape index (κ2) is 6.00. The zero-order chi connectivity index (χ0) is 19.2. The Morgan fingerprint density at radius 1 is 1.07 bits per heavy atom. The van der Waals surface area contributed by atoms with Crippen molar-refractivity contribution in [3.63, 3.8) is 0 Å². The van der Waals surface area contributed by atoms with Crippen LogP contribution in [0.1, 0.15) is 11.4 Å². The van der Waals surface area contributed by atoms with Gasteiger partial charge in [0.2, 0.25) is 0 Å². The number of hydrogen-bond acceptors (Lipinski definition) is 7. The third-order valence-corrected chi connectivity index (χ3v) is 3.79. The summed E-state index contributed by atoms with van der Waals surface area (Å²) in [6.07, 6.45) is -4.59. The van der Waals surface area contributed by atoms with E-state index in [4.69, 9.17) is 5.73 Å². The van der Waals surface area contributed by atoms with Crippen molar-refractivity contribution >= 4 is 16.9 Å². The van der Waals surface area contributed by atoms with E-state index in [-0.39, 0.29) is 35.1 Å². The lowest BCUT2D eigenvalue weighted by atomic mass is 10.3. The number of nitrogens with zero attached hydrogens (tertiary/aromatic N) is 6. The molecule has 138 valence electrons. The van der Waals surface area contributed by atoms with Gasteiger partial charge in [-0.1, -0.05) is 6.07 Å². The normalized spacial score (nSPS) is 12.0. The fraction of sp³-hybridized carbons (Fsp3) is 0.133. The van der Waals surface area contributed by atoms with Crippen LogP contribution >= 0.6 is 0 Å². The molecule has 0 aliphatic heterocycles.